The second kappa shape index (κ2) is 11.8. The molecular weight excluding hydrogens is 450 g/mol. The van der Waals surface area contributed by atoms with Crippen LogP contribution in [0.3, 0.4) is 0 Å². The van der Waals surface area contributed by atoms with Gasteiger partial charge >= 0.3 is 0 Å². The van der Waals surface area contributed by atoms with Crippen molar-refractivity contribution < 1.29 is 28.7 Å². The molecule has 0 radical (unpaired) electrons. The molecule has 0 aliphatic rings. The zero-order valence-corrected chi connectivity index (χ0v) is 18.9. The molecule has 1 N–H and O–H groups in total. The standard InChI is InChI=1S/C22H23N3O7S/c1-29-6-7-31-17-5-3-4-15(8-17)11-23-22(26)18-9-20(30-2)21(10-19(18)25(27)28)32-12-16-13-33-14-24-16/h3-5,8-10,13-14H,6-7,11-12H2,1-2H3,(H,23,26). The molecule has 1 aromatic heterocycles. The van der Waals surface area contributed by atoms with E-state index < -0.39 is 16.5 Å². The number of carbonyl (C=O) groups excluding carboxylic acids is 1. The first-order valence-corrected chi connectivity index (χ1v) is 10.8. The van der Waals surface area contributed by atoms with Gasteiger partial charge < -0.3 is 24.3 Å². The van der Waals surface area contributed by atoms with Crippen molar-refractivity contribution in [3.8, 4) is 17.2 Å². The Balaban J connectivity index is 1.73. The van der Waals surface area contributed by atoms with E-state index in [1.807, 2.05) is 6.07 Å². The van der Waals surface area contributed by atoms with Gasteiger partial charge in [0.2, 0.25) is 0 Å². The van der Waals surface area contributed by atoms with Gasteiger partial charge in [0.1, 0.15) is 24.5 Å². The summed E-state index contributed by atoms with van der Waals surface area (Å²) in [6.45, 7) is 1.12. The number of thiazole rings is 1. The summed E-state index contributed by atoms with van der Waals surface area (Å²) in [5.41, 5.74) is 2.59. The minimum Gasteiger partial charge on any atom is -0.493 e. The van der Waals surface area contributed by atoms with Crippen molar-refractivity contribution in [1.29, 1.82) is 0 Å². The van der Waals surface area contributed by atoms with Crippen molar-refractivity contribution in [3.63, 3.8) is 0 Å². The molecule has 0 spiro atoms. The van der Waals surface area contributed by atoms with Gasteiger partial charge in [0.15, 0.2) is 11.5 Å². The predicted octanol–water partition coefficient (Wildman–Crippen LogP) is 3.59. The van der Waals surface area contributed by atoms with Crippen LogP contribution < -0.4 is 19.5 Å². The van der Waals surface area contributed by atoms with E-state index in [1.54, 1.807) is 36.2 Å². The van der Waals surface area contributed by atoms with Crippen LogP contribution in [0.25, 0.3) is 0 Å². The fourth-order valence-electron chi connectivity index (χ4n) is 2.88. The zero-order chi connectivity index (χ0) is 23.6. The number of nitrogens with one attached hydrogen (secondary N) is 1. The van der Waals surface area contributed by atoms with Crippen LogP contribution in [0.2, 0.25) is 0 Å². The van der Waals surface area contributed by atoms with Crippen molar-refractivity contribution >= 4 is 22.9 Å². The van der Waals surface area contributed by atoms with Crippen LogP contribution in [0.15, 0.2) is 47.3 Å². The van der Waals surface area contributed by atoms with Crippen LogP contribution in [0.5, 0.6) is 17.2 Å². The van der Waals surface area contributed by atoms with E-state index in [9.17, 15) is 14.9 Å². The highest BCUT2D eigenvalue weighted by molar-refractivity contribution is 7.07. The minimum atomic E-state index is -0.631. The van der Waals surface area contributed by atoms with Gasteiger partial charge in [-0.2, -0.15) is 0 Å². The Bertz CT molecular complexity index is 1090. The van der Waals surface area contributed by atoms with Crippen molar-refractivity contribution in [1.82, 2.24) is 10.3 Å². The number of benzene rings is 2. The number of nitrogens with zero attached hydrogens (tertiary/aromatic N) is 2. The third kappa shape index (κ3) is 6.64. The zero-order valence-electron chi connectivity index (χ0n) is 18.1. The lowest BCUT2D eigenvalue weighted by atomic mass is 10.1. The highest BCUT2D eigenvalue weighted by Gasteiger charge is 2.25. The second-order valence-corrected chi connectivity index (χ2v) is 7.44. The van der Waals surface area contributed by atoms with Crippen molar-refractivity contribution in [2.45, 2.75) is 13.2 Å². The molecule has 0 saturated carbocycles. The summed E-state index contributed by atoms with van der Waals surface area (Å²) in [4.78, 5) is 27.9. The summed E-state index contributed by atoms with van der Waals surface area (Å²) in [5, 5.41) is 16.2. The number of carbonyl (C=O) groups is 1. The highest BCUT2D eigenvalue weighted by Crippen LogP contribution is 2.35. The predicted molar refractivity (Wildman–Crippen MR) is 121 cm³/mol. The number of nitro benzene ring substituents is 1. The van der Waals surface area contributed by atoms with Crippen molar-refractivity contribution in [3.05, 3.63) is 74.2 Å². The lowest BCUT2D eigenvalue weighted by Gasteiger charge is -2.13. The van der Waals surface area contributed by atoms with Gasteiger partial charge in [0.25, 0.3) is 11.6 Å². The summed E-state index contributed by atoms with van der Waals surface area (Å²) in [5.74, 6) is 0.369. The molecule has 0 fully saturated rings. The molecular formula is C22H23N3O7S. The molecule has 33 heavy (non-hydrogen) atoms. The van der Waals surface area contributed by atoms with E-state index in [2.05, 4.69) is 10.3 Å². The fraction of sp³-hybridized carbons (Fsp3) is 0.273. The molecule has 0 saturated heterocycles. The van der Waals surface area contributed by atoms with Crippen molar-refractivity contribution in [2.75, 3.05) is 27.4 Å². The molecule has 174 valence electrons. The Morgan fingerprint density at radius 2 is 2.00 bits per heavy atom. The third-order valence-corrected chi connectivity index (χ3v) is 5.13. The molecule has 3 aromatic rings. The number of nitro groups is 1. The third-order valence-electron chi connectivity index (χ3n) is 4.49. The Hall–Kier alpha value is -3.70. The van der Waals surface area contributed by atoms with Crippen LogP contribution in [0, 0.1) is 10.1 Å². The lowest BCUT2D eigenvalue weighted by Crippen LogP contribution is -2.24. The van der Waals surface area contributed by atoms with Crippen LogP contribution in [0.1, 0.15) is 21.6 Å². The number of hydrogen-bond donors (Lipinski definition) is 1. The quantitative estimate of drug-likeness (QED) is 0.241. The van der Waals surface area contributed by atoms with Gasteiger partial charge in [-0.15, -0.1) is 11.3 Å². The molecule has 2 aromatic carbocycles. The van der Waals surface area contributed by atoms with E-state index in [0.29, 0.717) is 24.7 Å². The first-order valence-electron chi connectivity index (χ1n) is 9.87. The smallest absolute Gasteiger partial charge is 0.286 e. The molecule has 0 aliphatic carbocycles. The molecule has 1 amide bonds. The Kier molecular flexibility index (Phi) is 8.56. The van der Waals surface area contributed by atoms with E-state index in [-0.39, 0.29) is 30.2 Å². The molecule has 1 heterocycles. The van der Waals surface area contributed by atoms with Gasteiger partial charge in [-0.25, -0.2) is 4.98 Å². The van der Waals surface area contributed by atoms with Crippen molar-refractivity contribution in [2.24, 2.45) is 0 Å². The average Bonchev–Trinajstić information content (AvgIpc) is 3.35. The van der Waals surface area contributed by atoms with Gasteiger partial charge in [0.05, 0.1) is 35.9 Å². The average molecular weight is 474 g/mol. The highest BCUT2D eigenvalue weighted by atomic mass is 32.1. The maximum Gasteiger partial charge on any atom is 0.286 e. The topological polar surface area (TPSA) is 122 Å². The van der Waals surface area contributed by atoms with E-state index in [4.69, 9.17) is 18.9 Å². The maximum atomic E-state index is 12.8. The SMILES string of the molecule is COCCOc1cccc(CNC(=O)c2cc(OC)c(OCc3cscn3)cc2[N+](=O)[O-])c1. The number of hydrogen-bond acceptors (Lipinski definition) is 9. The van der Waals surface area contributed by atoms with Gasteiger partial charge in [-0.1, -0.05) is 12.1 Å². The first kappa shape index (κ1) is 24.0. The molecule has 10 nitrogen and oxygen atoms in total. The molecule has 0 aliphatic heterocycles. The molecule has 0 bridgehead atoms. The number of methoxy groups -OCH3 is 2. The molecule has 0 atom stereocenters. The fourth-order valence-corrected chi connectivity index (χ4v) is 3.42. The summed E-state index contributed by atoms with van der Waals surface area (Å²) < 4.78 is 21.5. The maximum absolute atomic E-state index is 12.8. The van der Waals surface area contributed by atoms with E-state index >= 15 is 0 Å². The Morgan fingerprint density at radius 3 is 2.70 bits per heavy atom. The van der Waals surface area contributed by atoms with Gasteiger partial charge in [-0.05, 0) is 17.7 Å². The van der Waals surface area contributed by atoms with Crippen LogP contribution in [-0.4, -0.2) is 43.2 Å². The van der Waals surface area contributed by atoms with Crippen LogP contribution in [0.4, 0.5) is 5.69 Å². The Morgan fingerprint density at radius 1 is 1.15 bits per heavy atom. The van der Waals surface area contributed by atoms with Crippen LogP contribution >= 0.6 is 11.3 Å². The van der Waals surface area contributed by atoms with Gasteiger partial charge in [-0.3, -0.25) is 14.9 Å². The summed E-state index contributed by atoms with van der Waals surface area (Å²) >= 11 is 1.41. The first-order chi connectivity index (χ1) is 16.0. The lowest BCUT2D eigenvalue weighted by molar-refractivity contribution is -0.385. The second-order valence-electron chi connectivity index (χ2n) is 6.72. The van der Waals surface area contributed by atoms with E-state index in [0.717, 1.165) is 5.56 Å². The van der Waals surface area contributed by atoms with E-state index in [1.165, 1.54) is 30.6 Å². The summed E-state index contributed by atoms with van der Waals surface area (Å²) in [6.07, 6.45) is 0. The number of amides is 1. The molecule has 11 heteroatoms. The monoisotopic (exact) mass is 473 g/mol. The number of aromatic nitrogens is 1. The van der Waals surface area contributed by atoms with Gasteiger partial charge in [0, 0.05) is 25.1 Å². The molecule has 0 unspecified atom stereocenters. The Labute approximate surface area is 194 Å². The normalized spacial score (nSPS) is 10.5. The number of ether oxygens (including phenoxy) is 4. The summed E-state index contributed by atoms with van der Waals surface area (Å²) in [6, 6.07) is 9.66. The largest absolute Gasteiger partial charge is 0.493 e. The molecule has 3 rings (SSSR count). The summed E-state index contributed by atoms with van der Waals surface area (Å²) in [7, 11) is 2.98. The minimum absolute atomic E-state index is 0.116. The number of rotatable bonds is 12. The van der Waals surface area contributed by atoms with Crippen LogP contribution in [-0.2, 0) is 17.9 Å².